The molecule has 1 aliphatic rings. The Labute approximate surface area is 244 Å². The van der Waals surface area contributed by atoms with E-state index in [4.69, 9.17) is 32.7 Å². The maximum Gasteiger partial charge on any atom is 0.329 e. The molecule has 0 aliphatic carbocycles. The van der Waals surface area contributed by atoms with Crippen LogP contribution in [0.15, 0.2) is 36.5 Å². The fourth-order valence-electron chi connectivity index (χ4n) is 4.66. The molecule has 5 atom stereocenters. The molecule has 42 heavy (non-hydrogen) atoms. The molecule has 5 rings (SSSR count). The molecule has 0 amide bonds. The van der Waals surface area contributed by atoms with E-state index in [0.717, 1.165) is 4.68 Å². The van der Waals surface area contributed by atoms with Crippen LogP contribution in [0.25, 0.3) is 16.9 Å². The number of carbonyl (C=O) groups is 1. The summed E-state index contributed by atoms with van der Waals surface area (Å²) >= 11 is 12.6. The van der Waals surface area contributed by atoms with Crippen molar-refractivity contribution in [3.63, 3.8) is 0 Å². The molecular formula is C25H21Cl2F3N6O6. The lowest BCUT2D eigenvalue weighted by Crippen LogP contribution is -2.54. The second-order valence-corrected chi connectivity index (χ2v) is 10.1. The first kappa shape index (κ1) is 29.9. The quantitative estimate of drug-likeness (QED) is 0.248. The Bertz CT molecular complexity index is 1610. The van der Waals surface area contributed by atoms with Gasteiger partial charge in [-0.3, -0.25) is 0 Å². The molecule has 2 aromatic carbocycles. The van der Waals surface area contributed by atoms with Gasteiger partial charge in [-0.25, -0.2) is 32.3 Å². The number of carboxylic acids is 1. The first-order valence-electron chi connectivity index (χ1n) is 12.2. The van der Waals surface area contributed by atoms with E-state index >= 15 is 0 Å². The fourth-order valence-corrected chi connectivity index (χ4v) is 5.02. The van der Waals surface area contributed by atoms with Gasteiger partial charge in [0.05, 0.1) is 23.5 Å². The van der Waals surface area contributed by atoms with Crippen LogP contribution in [-0.2, 0) is 14.3 Å². The molecule has 0 radical (unpaired) electrons. The number of rotatable bonds is 8. The standard InChI is InChI=1S/C25H21Cl2F3N6O6/c1-10-31-25(36(33-10)17-6-12(26)2-3-13(17)27)24-23(41-9-19(38)39)21(22(40)18(8-37)42-24)35-7-16(32-34-35)11-4-14(28)20(30)15(29)5-11/h2-7,18,21-24,37,40H,8-9H2,1H3,(H,38,39)/t18-,21+,22+,23-,24-/m1/s1. The Morgan fingerprint density at radius 2 is 1.88 bits per heavy atom. The van der Waals surface area contributed by atoms with Crippen molar-refractivity contribution in [1.82, 2.24) is 29.8 Å². The predicted octanol–water partition coefficient (Wildman–Crippen LogP) is 3.06. The second kappa shape index (κ2) is 11.9. The molecule has 0 bridgehead atoms. The molecule has 2 aromatic heterocycles. The van der Waals surface area contributed by atoms with Gasteiger partial charge in [0.15, 0.2) is 23.3 Å². The lowest BCUT2D eigenvalue weighted by molar-refractivity contribution is -0.225. The van der Waals surface area contributed by atoms with E-state index in [2.05, 4.69) is 20.4 Å². The highest BCUT2D eigenvalue weighted by Gasteiger charge is 2.50. The third-order valence-corrected chi connectivity index (χ3v) is 7.05. The van der Waals surface area contributed by atoms with Gasteiger partial charge in [0.1, 0.15) is 48.6 Å². The zero-order valence-electron chi connectivity index (χ0n) is 21.4. The molecule has 17 heteroatoms. The fraction of sp³-hybridized carbons (Fsp3) is 0.320. The van der Waals surface area contributed by atoms with Crippen LogP contribution < -0.4 is 0 Å². The van der Waals surface area contributed by atoms with Gasteiger partial charge in [0.25, 0.3) is 0 Å². The summed E-state index contributed by atoms with van der Waals surface area (Å²) in [5.74, 6) is -5.61. The van der Waals surface area contributed by atoms with Crippen LogP contribution in [0.2, 0.25) is 10.0 Å². The van der Waals surface area contributed by atoms with Gasteiger partial charge in [-0.1, -0.05) is 28.4 Å². The largest absolute Gasteiger partial charge is 0.480 e. The first-order valence-corrected chi connectivity index (χ1v) is 13.0. The maximum atomic E-state index is 13.9. The molecule has 1 aliphatic heterocycles. The van der Waals surface area contributed by atoms with E-state index in [0.29, 0.717) is 22.8 Å². The van der Waals surface area contributed by atoms with E-state index in [-0.39, 0.29) is 27.9 Å². The number of aliphatic hydroxyl groups excluding tert-OH is 2. The van der Waals surface area contributed by atoms with Crippen molar-refractivity contribution < 1.29 is 42.8 Å². The number of aryl methyl sites for hydroxylation is 1. The molecule has 1 saturated heterocycles. The smallest absolute Gasteiger partial charge is 0.329 e. The number of hydrogen-bond acceptors (Lipinski definition) is 9. The van der Waals surface area contributed by atoms with Crippen LogP contribution in [0.5, 0.6) is 0 Å². The van der Waals surface area contributed by atoms with Gasteiger partial charge in [0, 0.05) is 10.6 Å². The third-order valence-electron chi connectivity index (χ3n) is 6.49. The summed E-state index contributed by atoms with van der Waals surface area (Å²) in [6, 6.07) is 4.73. The van der Waals surface area contributed by atoms with E-state index in [9.17, 15) is 33.3 Å². The summed E-state index contributed by atoms with van der Waals surface area (Å²) in [6.45, 7) is 0.0359. The second-order valence-electron chi connectivity index (χ2n) is 9.29. The summed E-state index contributed by atoms with van der Waals surface area (Å²) < 4.78 is 55.4. The van der Waals surface area contributed by atoms with Gasteiger partial charge < -0.3 is 24.8 Å². The average Bonchev–Trinajstić information content (AvgIpc) is 3.58. The molecule has 3 heterocycles. The lowest BCUT2D eigenvalue weighted by atomic mass is 9.91. The highest BCUT2D eigenvalue weighted by Crippen LogP contribution is 2.41. The van der Waals surface area contributed by atoms with Gasteiger partial charge in [0.2, 0.25) is 0 Å². The van der Waals surface area contributed by atoms with Crippen LogP contribution in [-0.4, -0.2) is 82.6 Å². The summed E-state index contributed by atoms with van der Waals surface area (Å²) in [6.07, 6.45) is -4.31. The Hall–Kier alpha value is -3.60. The average molecular weight is 629 g/mol. The van der Waals surface area contributed by atoms with Gasteiger partial charge >= 0.3 is 5.97 Å². The van der Waals surface area contributed by atoms with Crippen molar-refractivity contribution in [1.29, 1.82) is 0 Å². The number of hydrogen-bond donors (Lipinski definition) is 3. The molecule has 12 nitrogen and oxygen atoms in total. The van der Waals surface area contributed by atoms with Crippen molar-refractivity contribution in [3.05, 3.63) is 75.7 Å². The van der Waals surface area contributed by atoms with E-state index in [1.165, 1.54) is 23.0 Å². The number of aliphatic hydroxyl groups is 2. The topological polar surface area (TPSA) is 158 Å². The number of aromatic nitrogens is 6. The van der Waals surface area contributed by atoms with Gasteiger partial charge in [-0.05, 0) is 37.3 Å². The minimum absolute atomic E-state index is 0.0606. The van der Waals surface area contributed by atoms with Crippen LogP contribution in [0.3, 0.4) is 0 Å². The van der Waals surface area contributed by atoms with Crippen LogP contribution in [0.1, 0.15) is 23.8 Å². The van der Waals surface area contributed by atoms with E-state index in [1.54, 1.807) is 13.0 Å². The SMILES string of the molecule is Cc1nc([C@@H]2O[C@H](CO)[C@H](O)[C@H](n3cc(-c4cc(F)c(F)c(F)c4)nn3)[C@H]2OCC(=O)O)n(-c2cc(Cl)ccc2Cl)n1. The van der Waals surface area contributed by atoms with E-state index in [1.807, 2.05) is 0 Å². The van der Waals surface area contributed by atoms with Crippen molar-refractivity contribution in [3.8, 4) is 16.9 Å². The van der Waals surface area contributed by atoms with Crippen LogP contribution >= 0.6 is 23.2 Å². The summed E-state index contributed by atoms with van der Waals surface area (Å²) in [7, 11) is 0. The van der Waals surface area contributed by atoms with Crippen molar-refractivity contribution in [2.75, 3.05) is 13.2 Å². The molecule has 4 aromatic rings. The van der Waals surface area contributed by atoms with Crippen molar-refractivity contribution >= 4 is 29.2 Å². The number of nitrogens with zero attached hydrogens (tertiary/aromatic N) is 6. The molecule has 222 valence electrons. The van der Waals surface area contributed by atoms with E-state index < -0.39 is 67.1 Å². The summed E-state index contributed by atoms with van der Waals surface area (Å²) in [5.41, 5.74) is 0.0284. The normalized spacial score (nSPS) is 22.4. The van der Waals surface area contributed by atoms with Crippen LogP contribution in [0, 0.1) is 24.4 Å². The molecular weight excluding hydrogens is 608 g/mol. The van der Waals surface area contributed by atoms with Crippen molar-refractivity contribution in [2.24, 2.45) is 0 Å². The number of halogens is 5. The monoisotopic (exact) mass is 628 g/mol. The first-order chi connectivity index (χ1) is 20.0. The van der Waals surface area contributed by atoms with Gasteiger partial charge in [-0.2, -0.15) is 5.10 Å². The molecule has 3 N–H and O–H groups in total. The molecule has 0 saturated carbocycles. The summed E-state index contributed by atoms with van der Waals surface area (Å²) in [4.78, 5) is 15.9. The molecule has 1 fully saturated rings. The highest BCUT2D eigenvalue weighted by atomic mass is 35.5. The van der Waals surface area contributed by atoms with Crippen molar-refractivity contribution in [2.45, 2.75) is 37.4 Å². The number of ether oxygens (including phenoxy) is 2. The maximum absolute atomic E-state index is 13.9. The summed E-state index contributed by atoms with van der Waals surface area (Å²) in [5, 5.41) is 43.4. The minimum Gasteiger partial charge on any atom is -0.480 e. The Morgan fingerprint density at radius 3 is 2.55 bits per heavy atom. The number of aliphatic carboxylic acids is 1. The number of carboxylic acid groups (broad SMARTS) is 1. The Morgan fingerprint density at radius 1 is 1.17 bits per heavy atom. The highest BCUT2D eigenvalue weighted by molar-refractivity contribution is 6.34. The minimum atomic E-state index is -1.67. The predicted molar refractivity (Wildman–Crippen MR) is 139 cm³/mol. The third kappa shape index (κ3) is 5.71. The lowest BCUT2D eigenvalue weighted by Gasteiger charge is -2.43. The van der Waals surface area contributed by atoms with Gasteiger partial charge in [-0.15, -0.1) is 5.10 Å². The molecule has 0 spiro atoms. The Kier molecular flexibility index (Phi) is 8.50. The Balaban J connectivity index is 1.63. The number of benzene rings is 2. The zero-order valence-corrected chi connectivity index (χ0v) is 22.9. The zero-order chi connectivity index (χ0) is 30.3. The van der Waals surface area contributed by atoms with Crippen LogP contribution in [0.4, 0.5) is 13.2 Å². The molecule has 0 unspecified atom stereocenters.